The highest BCUT2D eigenvalue weighted by Gasteiger charge is 2.21. The Kier molecular flexibility index (Phi) is 5.26. The van der Waals surface area contributed by atoms with E-state index < -0.39 is 10.0 Å². The van der Waals surface area contributed by atoms with Gasteiger partial charge in [0.1, 0.15) is 0 Å². The normalized spacial score (nSPS) is 11.5. The quantitative estimate of drug-likeness (QED) is 0.439. The molecule has 0 radical (unpaired) electrons. The summed E-state index contributed by atoms with van der Waals surface area (Å²) in [5, 5.41) is 10.9. The topological polar surface area (TPSA) is 62.9 Å². The first-order valence-corrected chi connectivity index (χ1v) is 10.5. The second-order valence-corrected chi connectivity index (χ2v) is 8.37. The Balaban J connectivity index is 2.17. The third kappa shape index (κ3) is 3.48. The average Bonchev–Trinajstić information content (AvgIpc) is 3.01. The Labute approximate surface area is 155 Å². The molecule has 0 aliphatic heterocycles. The number of benzene rings is 2. The van der Waals surface area contributed by atoms with Gasteiger partial charge in [-0.2, -0.15) is 5.26 Å². The highest BCUT2D eigenvalue weighted by molar-refractivity contribution is 9.09. The zero-order valence-electron chi connectivity index (χ0n) is 13.5. The van der Waals surface area contributed by atoms with Crippen LogP contribution in [0.2, 0.25) is 0 Å². The van der Waals surface area contributed by atoms with Crippen LogP contribution in [-0.4, -0.2) is 17.7 Å². The third-order valence-corrected chi connectivity index (χ3v) is 6.36. The van der Waals surface area contributed by atoms with Gasteiger partial charge in [0.25, 0.3) is 10.0 Å². The maximum Gasteiger partial charge on any atom is 0.268 e. The van der Waals surface area contributed by atoms with Gasteiger partial charge in [0, 0.05) is 16.9 Å². The molecule has 2 aromatic carbocycles. The van der Waals surface area contributed by atoms with E-state index in [2.05, 4.69) is 22.0 Å². The van der Waals surface area contributed by atoms with E-state index in [9.17, 15) is 8.42 Å². The molecule has 0 atom stereocenters. The summed E-state index contributed by atoms with van der Waals surface area (Å²) >= 11 is 3.42. The minimum Gasteiger partial charge on any atom is -0.241 e. The Morgan fingerprint density at radius 1 is 1.08 bits per heavy atom. The second kappa shape index (κ2) is 7.42. The van der Waals surface area contributed by atoms with Gasteiger partial charge in [-0.3, -0.25) is 0 Å². The molecular formula is C19H17BrN2O2S. The summed E-state index contributed by atoms with van der Waals surface area (Å²) in [4.78, 5) is 0.253. The molecule has 0 aliphatic rings. The Morgan fingerprint density at radius 3 is 2.52 bits per heavy atom. The minimum atomic E-state index is -3.67. The molecule has 0 saturated heterocycles. The van der Waals surface area contributed by atoms with Gasteiger partial charge in [0.2, 0.25) is 0 Å². The van der Waals surface area contributed by atoms with Crippen molar-refractivity contribution in [1.29, 1.82) is 5.26 Å². The highest BCUT2D eigenvalue weighted by Crippen LogP contribution is 2.28. The van der Waals surface area contributed by atoms with Crippen molar-refractivity contribution in [2.75, 3.05) is 5.33 Å². The van der Waals surface area contributed by atoms with Crippen molar-refractivity contribution in [3.05, 3.63) is 65.9 Å². The molecule has 0 saturated carbocycles. The third-order valence-electron chi connectivity index (χ3n) is 4.11. The van der Waals surface area contributed by atoms with E-state index in [-0.39, 0.29) is 4.90 Å². The molecule has 3 aromatic rings. The van der Waals surface area contributed by atoms with Crippen molar-refractivity contribution < 1.29 is 8.42 Å². The highest BCUT2D eigenvalue weighted by atomic mass is 79.9. The fourth-order valence-corrected chi connectivity index (χ4v) is 4.66. The van der Waals surface area contributed by atoms with E-state index >= 15 is 0 Å². The summed E-state index contributed by atoms with van der Waals surface area (Å²) in [6.45, 7) is 0. The number of unbranched alkanes of at least 4 members (excludes halogenated alkanes) is 1. The fourth-order valence-electron chi connectivity index (χ4n) is 2.85. The van der Waals surface area contributed by atoms with Crippen molar-refractivity contribution in [2.24, 2.45) is 0 Å². The van der Waals surface area contributed by atoms with Gasteiger partial charge >= 0.3 is 0 Å². The van der Waals surface area contributed by atoms with E-state index in [1.165, 1.54) is 3.97 Å². The number of halogens is 1. The minimum absolute atomic E-state index is 0.253. The molecule has 3 rings (SSSR count). The molecule has 0 N–H and O–H groups in total. The molecule has 0 unspecified atom stereocenters. The lowest BCUT2D eigenvalue weighted by Crippen LogP contribution is -2.11. The standard InChI is InChI=1S/C19H17BrN2O2S/c20-11-5-4-6-16-14-22(19-10-9-15(13-21)12-18(16)19)25(23,24)17-7-2-1-3-8-17/h1-3,7-10,12,14H,4-6,11H2. The number of nitrogens with zero attached hydrogens (tertiary/aromatic N) is 2. The molecule has 128 valence electrons. The lowest BCUT2D eigenvalue weighted by atomic mass is 10.1. The van der Waals surface area contributed by atoms with Crippen LogP contribution in [0.15, 0.2) is 59.6 Å². The number of hydrogen-bond donors (Lipinski definition) is 0. The van der Waals surface area contributed by atoms with Crippen LogP contribution in [0.3, 0.4) is 0 Å². The van der Waals surface area contributed by atoms with Gasteiger partial charge in [-0.05, 0) is 55.2 Å². The maximum atomic E-state index is 13.0. The molecule has 1 aromatic heterocycles. The van der Waals surface area contributed by atoms with E-state index in [0.717, 1.165) is 35.5 Å². The molecule has 6 heteroatoms. The van der Waals surface area contributed by atoms with Crippen molar-refractivity contribution >= 4 is 36.9 Å². The summed E-state index contributed by atoms with van der Waals surface area (Å²) in [6, 6.07) is 15.7. The summed E-state index contributed by atoms with van der Waals surface area (Å²) in [7, 11) is -3.67. The van der Waals surface area contributed by atoms with Crippen LogP contribution in [0, 0.1) is 11.3 Å². The molecule has 0 aliphatic carbocycles. The lowest BCUT2D eigenvalue weighted by molar-refractivity contribution is 0.589. The van der Waals surface area contributed by atoms with Gasteiger partial charge in [-0.25, -0.2) is 12.4 Å². The first-order chi connectivity index (χ1) is 12.1. The Bertz CT molecular complexity index is 1030. The van der Waals surface area contributed by atoms with Gasteiger partial charge in [-0.1, -0.05) is 34.1 Å². The molecule has 0 fully saturated rings. The number of hydrogen-bond acceptors (Lipinski definition) is 3. The first kappa shape index (κ1) is 17.7. The number of fused-ring (bicyclic) bond motifs is 1. The first-order valence-electron chi connectivity index (χ1n) is 7.98. The Hall–Kier alpha value is -2.10. The maximum absolute atomic E-state index is 13.0. The van der Waals surface area contributed by atoms with Gasteiger partial charge in [0.15, 0.2) is 0 Å². The zero-order chi connectivity index (χ0) is 17.9. The number of rotatable bonds is 6. The molecule has 4 nitrogen and oxygen atoms in total. The van der Waals surface area contributed by atoms with E-state index in [4.69, 9.17) is 5.26 Å². The summed E-state index contributed by atoms with van der Waals surface area (Å²) in [5.41, 5.74) is 2.09. The summed E-state index contributed by atoms with van der Waals surface area (Å²) < 4.78 is 27.4. The predicted octanol–water partition coefficient (Wildman–Crippen LogP) is 4.47. The van der Waals surface area contributed by atoms with Crippen molar-refractivity contribution in [3.8, 4) is 6.07 Å². The monoisotopic (exact) mass is 416 g/mol. The molecular weight excluding hydrogens is 400 g/mol. The van der Waals surface area contributed by atoms with E-state index in [1.807, 2.05) is 0 Å². The number of aryl methyl sites for hydroxylation is 1. The smallest absolute Gasteiger partial charge is 0.241 e. The average molecular weight is 417 g/mol. The van der Waals surface area contributed by atoms with Gasteiger partial charge in [-0.15, -0.1) is 0 Å². The predicted molar refractivity (Wildman–Crippen MR) is 102 cm³/mol. The summed E-state index contributed by atoms with van der Waals surface area (Å²) in [5.74, 6) is 0. The number of aromatic nitrogens is 1. The molecule has 1 heterocycles. The molecule has 25 heavy (non-hydrogen) atoms. The van der Waals surface area contributed by atoms with E-state index in [0.29, 0.717) is 11.1 Å². The van der Waals surface area contributed by atoms with Crippen LogP contribution < -0.4 is 0 Å². The molecule has 0 amide bonds. The van der Waals surface area contributed by atoms with Crippen molar-refractivity contribution in [1.82, 2.24) is 3.97 Å². The SMILES string of the molecule is N#Cc1ccc2c(c1)c(CCCCBr)cn2S(=O)(=O)c1ccccc1. The Morgan fingerprint density at radius 2 is 1.84 bits per heavy atom. The number of nitriles is 1. The van der Waals surface area contributed by atoms with Gasteiger partial charge in [0.05, 0.1) is 22.0 Å². The zero-order valence-corrected chi connectivity index (χ0v) is 15.9. The number of alkyl halides is 1. The lowest BCUT2D eigenvalue weighted by Gasteiger charge is -2.07. The largest absolute Gasteiger partial charge is 0.268 e. The molecule has 0 bridgehead atoms. The van der Waals surface area contributed by atoms with Crippen LogP contribution >= 0.6 is 15.9 Å². The van der Waals surface area contributed by atoms with Crippen molar-refractivity contribution in [2.45, 2.75) is 24.2 Å². The van der Waals surface area contributed by atoms with Gasteiger partial charge < -0.3 is 0 Å². The molecule has 0 spiro atoms. The summed E-state index contributed by atoms with van der Waals surface area (Å²) in [6.07, 6.45) is 4.43. The van der Waals surface area contributed by atoms with Crippen LogP contribution in [0.25, 0.3) is 10.9 Å². The van der Waals surface area contributed by atoms with E-state index in [1.54, 1.807) is 54.7 Å². The second-order valence-electron chi connectivity index (χ2n) is 5.76. The fraction of sp³-hybridized carbons (Fsp3) is 0.211. The van der Waals surface area contributed by atoms with Crippen LogP contribution in [0.1, 0.15) is 24.0 Å². The van der Waals surface area contributed by atoms with Crippen LogP contribution in [-0.2, 0) is 16.4 Å². The van der Waals surface area contributed by atoms with Crippen molar-refractivity contribution in [3.63, 3.8) is 0 Å². The van der Waals surface area contributed by atoms with Crippen LogP contribution in [0.4, 0.5) is 0 Å². The van der Waals surface area contributed by atoms with Crippen LogP contribution in [0.5, 0.6) is 0 Å².